The highest BCUT2D eigenvalue weighted by Gasteiger charge is 2.04. The van der Waals surface area contributed by atoms with Crippen molar-refractivity contribution < 1.29 is 62.1 Å². The van der Waals surface area contributed by atoms with Crippen molar-refractivity contribution in [2.75, 3.05) is 126 Å². The van der Waals surface area contributed by atoms with E-state index in [1.54, 1.807) is 0 Å². The van der Waals surface area contributed by atoms with Gasteiger partial charge in [-0.2, -0.15) is 0 Å². The molecule has 0 saturated heterocycles. The van der Waals surface area contributed by atoms with Gasteiger partial charge in [-0.3, -0.25) is 9.59 Å². The number of hydrogen-bond acceptors (Lipinski definition) is 12. The van der Waals surface area contributed by atoms with E-state index in [2.05, 4.69) is 6.92 Å². The fraction of sp³-hybridized carbons (Fsp3) is 0.950. The molecule has 13 heteroatoms. The zero-order valence-corrected chi connectivity index (χ0v) is 33.5. The quantitative estimate of drug-likeness (QED) is 0.0512. The summed E-state index contributed by atoms with van der Waals surface area (Å²) in [4.78, 5) is 21.9. The molecule has 0 radical (unpaired) electrons. The lowest BCUT2D eigenvalue weighted by atomic mass is 10.0. The van der Waals surface area contributed by atoms with Crippen molar-refractivity contribution in [1.82, 2.24) is 0 Å². The maximum absolute atomic E-state index is 11.5. The fourth-order valence-electron chi connectivity index (χ4n) is 5.09. The van der Waals surface area contributed by atoms with Gasteiger partial charge < -0.3 is 52.5 Å². The Morgan fingerprint density at radius 1 is 0.321 bits per heavy atom. The molecule has 0 fully saturated rings. The molecule has 0 atom stereocenters. The molecule has 0 spiro atoms. The van der Waals surface area contributed by atoms with Crippen LogP contribution in [-0.4, -0.2) is 143 Å². The molecule has 0 saturated carbocycles. The number of carbonyl (C=O) groups excluding carboxylic acids is 1. The van der Waals surface area contributed by atoms with E-state index in [9.17, 15) is 9.59 Å². The van der Waals surface area contributed by atoms with Crippen LogP contribution >= 0.6 is 0 Å². The van der Waals surface area contributed by atoms with Crippen molar-refractivity contribution in [2.24, 2.45) is 0 Å². The highest BCUT2D eigenvalue weighted by atomic mass is 16.6. The van der Waals surface area contributed by atoms with Crippen molar-refractivity contribution >= 4 is 11.9 Å². The molecule has 0 heterocycles. The Bertz CT molecular complexity index is 729. The van der Waals surface area contributed by atoms with Gasteiger partial charge in [0.05, 0.1) is 112 Å². The van der Waals surface area contributed by atoms with E-state index in [0.717, 1.165) is 13.0 Å². The number of carbonyl (C=O) groups is 2. The molecule has 0 aliphatic heterocycles. The van der Waals surface area contributed by atoms with Crippen LogP contribution in [0.5, 0.6) is 0 Å². The molecule has 53 heavy (non-hydrogen) atoms. The van der Waals surface area contributed by atoms with E-state index in [4.69, 9.17) is 52.5 Å². The normalized spacial score (nSPS) is 11.4. The minimum Gasteiger partial charge on any atom is -0.481 e. The fourth-order valence-corrected chi connectivity index (χ4v) is 5.09. The van der Waals surface area contributed by atoms with Crippen molar-refractivity contribution in [3.63, 3.8) is 0 Å². The first-order valence-electron chi connectivity index (χ1n) is 20.7. The second kappa shape index (κ2) is 46.7. The van der Waals surface area contributed by atoms with Crippen LogP contribution in [0.4, 0.5) is 0 Å². The third kappa shape index (κ3) is 48.6. The summed E-state index contributed by atoms with van der Waals surface area (Å²) < 4.78 is 54.5. The Labute approximate surface area is 321 Å². The summed E-state index contributed by atoms with van der Waals surface area (Å²) in [6.45, 7) is 11.6. The number of rotatable bonds is 47. The van der Waals surface area contributed by atoms with Gasteiger partial charge in [0.25, 0.3) is 0 Å². The monoisotopic (exact) mass is 767 g/mol. The van der Waals surface area contributed by atoms with E-state index >= 15 is 0 Å². The number of unbranched alkanes of at least 4 members (excludes halogenated alkanes) is 14. The molecule has 0 aromatic rings. The molecule has 0 aromatic heterocycles. The van der Waals surface area contributed by atoms with Crippen LogP contribution in [0.3, 0.4) is 0 Å². The number of carboxylic acid groups (broad SMARTS) is 1. The van der Waals surface area contributed by atoms with Gasteiger partial charge in [0.2, 0.25) is 0 Å². The first kappa shape index (κ1) is 51.6. The van der Waals surface area contributed by atoms with Gasteiger partial charge >= 0.3 is 11.9 Å². The molecule has 0 rings (SSSR count). The molecule has 316 valence electrons. The third-order valence-electron chi connectivity index (χ3n) is 8.13. The van der Waals surface area contributed by atoms with Crippen LogP contribution < -0.4 is 0 Å². The maximum Gasteiger partial charge on any atom is 0.305 e. The van der Waals surface area contributed by atoms with Crippen LogP contribution in [-0.2, 0) is 57.0 Å². The number of carboxylic acids is 1. The first-order chi connectivity index (χ1) is 26.2. The van der Waals surface area contributed by atoms with Gasteiger partial charge in [0, 0.05) is 19.4 Å². The van der Waals surface area contributed by atoms with Gasteiger partial charge in [-0.15, -0.1) is 0 Å². The third-order valence-corrected chi connectivity index (χ3v) is 8.13. The minimum absolute atomic E-state index is 0.0636. The lowest BCUT2D eigenvalue weighted by Crippen LogP contribution is -2.15. The van der Waals surface area contributed by atoms with Crippen LogP contribution in [0.2, 0.25) is 0 Å². The number of ether oxygens (including phenoxy) is 10. The highest BCUT2D eigenvalue weighted by molar-refractivity contribution is 5.69. The topological polar surface area (TPSA) is 147 Å². The number of esters is 1. The van der Waals surface area contributed by atoms with Crippen molar-refractivity contribution in [3.05, 3.63) is 0 Å². The van der Waals surface area contributed by atoms with E-state index in [1.165, 1.54) is 83.5 Å². The molecule has 0 amide bonds. The average molecular weight is 767 g/mol. The van der Waals surface area contributed by atoms with Crippen LogP contribution in [0.1, 0.15) is 122 Å². The predicted octanol–water partition coefficient (Wildman–Crippen LogP) is 6.81. The van der Waals surface area contributed by atoms with Crippen LogP contribution in [0.15, 0.2) is 0 Å². The van der Waals surface area contributed by atoms with Crippen LogP contribution in [0.25, 0.3) is 0 Å². The van der Waals surface area contributed by atoms with E-state index in [-0.39, 0.29) is 32.0 Å². The molecule has 0 bridgehead atoms. The summed E-state index contributed by atoms with van der Waals surface area (Å²) in [7, 11) is 0. The molecule has 0 aliphatic rings. The summed E-state index contributed by atoms with van der Waals surface area (Å²) in [6.07, 6.45) is 20.4. The molecular weight excluding hydrogens is 688 g/mol. The Morgan fingerprint density at radius 2 is 0.585 bits per heavy atom. The van der Waals surface area contributed by atoms with Gasteiger partial charge in [0.15, 0.2) is 0 Å². The summed E-state index contributed by atoms with van der Waals surface area (Å²) >= 11 is 0. The van der Waals surface area contributed by atoms with E-state index in [0.29, 0.717) is 119 Å². The standard InChI is InChI=1S/C40H78O13/c1-2-3-4-5-6-7-8-9-10-11-12-13-14-17-20-44-21-22-45-23-24-46-25-26-47-27-28-48-29-30-49-31-32-50-33-34-51-35-36-52-37-38-53-40(43)19-16-15-18-39(41)42/h2-38H2,1H3,(H,41,42). The Balaban J connectivity index is 3.09. The molecule has 0 aliphatic carbocycles. The van der Waals surface area contributed by atoms with Gasteiger partial charge in [-0.05, 0) is 19.3 Å². The predicted molar refractivity (Wildman–Crippen MR) is 205 cm³/mol. The second-order valence-corrected chi connectivity index (χ2v) is 12.9. The van der Waals surface area contributed by atoms with Crippen molar-refractivity contribution in [1.29, 1.82) is 0 Å². The number of hydrogen-bond donors (Lipinski definition) is 1. The minimum atomic E-state index is -0.859. The summed E-state index contributed by atoms with van der Waals surface area (Å²) in [5.74, 6) is -1.20. The zero-order chi connectivity index (χ0) is 38.4. The summed E-state index contributed by atoms with van der Waals surface area (Å²) in [6, 6.07) is 0. The molecule has 13 nitrogen and oxygen atoms in total. The van der Waals surface area contributed by atoms with Gasteiger partial charge in [-0.25, -0.2) is 0 Å². The second-order valence-electron chi connectivity index (χ2n) is 12.9. The van der Waals surface area contributed by atoms with E-state index in [1.807, 2.05) is 0 Å². The summed E-state index contributed by atoms with van der Waals surface area (Å²) in [5, 5.41) is 8.56. The van der Waals surface area contributed by atoms with Gasteiger partial charge in [-0.1, -0.05) is 90.4 Å². The number of aliphatic carboxylic acids is 1. The maximum atomic E-state index is 11.5. The van der Waals surface area contributed by atoms with Crippen LogP contribution in [0, 0.1) is 0 Å². The van der Waals surface area contributed by atoms with E-state index < -0.39 is 5.97 Å². The van der Waals surface area contributed by atoms with Crippen molar-refractivity contribution in [2.45, 2.75) is 122 Å². The SMILES string of the molecule is CCCCCCCCCCCCCCCCOCCOCCOCCOCCOCCOCCOCCOCCOCCOC(=O)CCCCC(=O)O. The lowest BCUT2D eigenvalue weighted by molar-refractivity contribution is -0.146. The molecule has 0 unspecified atom stereocenters. The lowest BCUT2D eigenvalue weighted by Gasteiger charge is -2.09. The van der Waals surface area contributed by atoms with Crippen molar-refractivity contribution in [3.8, 4) is 0 Å². The smallest absolute Gasteiger partial charge is 0.305 e. The molecule has 0 aromatic carbocycles. The Kier molecular flexibility index (Phi) is 45.5. The first-order valence-corrected chi connectivity index (χ1v) is 20.7. The van der Waals surface area contributed by atoms with Gasteiger partial charge in [0.1, 0.15) is 6.61 Å². The molecular formula is C40H78O13. The zero-order valence-electron chi connectivity index (χ0n) is 33.5. The average Bonchev–Trinajstić information content (AvgIpc) is 3.15. The highest BCUT2D eigenvalue weighted by Crippen LogP contribution is 2.13. The molecule has 1 N–H and O–H groups in total. The largest absolute Gasteiger partial charge is 0.481 e. The Hall–Kier alpha value is -1.42. The summed E-state index contributed by atoms with van der Waals surface area (Å²) in [5.41, 5.74) is 0. The Morgan fingerprint density at radius 3 is 0.906 bits per heavy atom.